The van der Waals surface area contributed by atoms with E-state index >= 15 is 0 Å². The number of carbonyl (C=O) groups is 3. The van der Waals surface area contributed by atoms with Gasteiger partial charge in [-0.3, -0.25) is 24.4 Å². The third-order valence-corrected chi connectivity index (χ3v) is 25.5. The highest BCUT2D eigenvalue weighted by atomic mass is 79.9. The molecule has 16 heterocycles. The summed E-state index contributed by atoms with van der Waals surface area (Å²) < 4.78 is 109. The van der Waals surface area contributed by atoms with Gasteiger partial charge in [-0.1, -0.05) is 29.8 Å². The number of aromatic nitrogens is 8. The number of nitrogens with zero attached hydrogens (tertiary/aromatic N) is 16. The minimum Gasteiger partial charge on any atom is -0.497 e. The topological polar surface area (TPSA) is 468 Å². The number of nitrogens with one attached hydrogen (secondary N) is 2. The molecule has 21 rings (SSSR count). The van der Waals surface area contributed by atoms with E-state index in [0.29, 0.717) is 138 Å². The van der Waals surface area contributed by atoms with Crippen LogP contribution in [-0.4, -0.2) is 237 Å². The van der Waals surface area contributed by atoms with Crippen molar-refractivity contribution in [1.29, 1.82) is 0 Å². The van der Waals surface area contributed by atoms with Crippen LogP contribution in [0.3, 0.4) is 0 Å². The number of β-amino-alcohol motifs (C(OH)–C–C–N with tert-alkyl or cyclic N) is 5. The van der Waals surface area contributed by atoms with E-state index in [-0.39, 0.29) is 118 Å². The summed E-state index contributed by atoms with van der Waals surface area (Å²) in [6.07, 6.45) is 8.60. The van der Waals surface area contributed by atoms with Gasteiger partial charge in [0.15, 0.2) is 12.4 Å². The molecule has 5 fully saturated rings. The van der Waals surface area contributed by atoms with Gasteiger partial charge in [-0.25, -0.2) is 46.3 Å². The number of hydrogen-bond acceptors (Lipinski definition) is 31. The van der Waals surface area contributed by atoms with Crippen molar-refractivity contribution in [1.82, 2.24) is 60.3 Å². The van der Waals surface area contributed by atoms with Gasteiger partial charge in [-0.05, 0) is 209 Å². The van der Waals surface area contributed by atoms with E-state index in [4.69, 9.17) is 46.5 Å². The second-order valence-corrected chi connectivity index (χ2v) is 38.8. The highest BCUT2D eigenvalue weighted by Crippen LogP contribution is 2.42. The van der Waals surface area contributed by atoms with Crippen molar-refractivity contribution in [2.45, 2.75) is 108 Å². The predicted octanol–water partition coefficient (Wildman–Crippen LogP) is 13.9. The minimum atomic E-state index is -0.748. The van der Waals surface area contributed by atoms with Crippen LogP contribution in [0.25, 0.3) is 33.8 Å². The molecule has 5 aromatic carbocycles. The molecule has 0 spiro atoms. The molecule has 10 N–H and O–H groups in total. The Bertz CT molecular complexity index is 7010. The first-order chi connectivity index (χ1) is 70.8. The average molecular weight is 2140 g/mol. The van der Waals surface area contributed by atoms with Gasteiger partial charge in [0.2, 0.25) is 0 Å². The number of amides is 3. The molecule has 0 saturated carbocycles. The summed E-state index contributed by atoms with van der Waals surface area (Å²) in [6, 6.07) is 43.2. The molecule has 36 nitrogen and oxygen atoms in total. The monoisotopic (exact) mass is 2130 g/mol. The van der Waals surface area contributed by atoms with Gasteiger partial charge >= 0.3 is 11.6 Å². The molecule has 0 aliphatic carbocycles. The fourth-order valence-electron chi connectivity index (χ4n) is 17.5. The van der Waals surface area contributed by atoms with E-state index in [1.807, 2.05) is 71.0 Å². The highest BCUT2D eigenvalue weighted by Gasteiger charge is 2.42. The number of ether oxygens (including phenoxy) is 4. The van der Waals surface area contributed by atoms with Crippen molar-refractivity contribution >= 4 is 85.5 Å². The molecule has 8 aliphatic heterocycles. The van der Waals surface area contributed by atoms with Crippen molar-refractivity contribution in [2.75, 3.05) is 126 Å². The number of benzene rings is 5. The fraction of sp³-hybridized carbons (Fsp3) is 0.305. The zero-order valence-corrected chi connectivity index (χ0v) is 84.8. The quantitative estimate of drug-likeness (QED) is 0.0183. The number of nitro groups is 2. The SMILES string of the molecule is CC1(O)CN(c2ccc(Cc3cc(-c4c(F)cccc4F)nc4c3C(=O)NC4)nc2)C1.CC1(O)CN(c2ccc(N)nc2)C1.CC1(O)CN(c2ccc([N+](=O)[O-])nc2)C1.CC1(O)CNC1.CO.COc1ccc(CN2Cc3nc(-c4c(F)cccc4F)cc(Cc4ccc(N5CC(C)(O)C5)cn4)c3C2=O)c(OC)c1.COc1ccc(CN2Cc3nc(-c4c(F)cccc4F)cc(Cl)c3C2=O)c(OC)c1.O=[N+]([O-])c1ccc(Br)cn1. The number of carbonyl (C=O) groups excluding carboxylic acids is 3. The third kappa shape index (κ3) is 26.7. The molecule has 780 valence electrons. The molecule has 0 unspecified atom stereocenters. The molecule has 8 aromatic heterocycles. The van der Waals surface area contributed by atoms with Crippen molar-refractivity contribution in [2.24, 2.45) is 0 Å². The van der Waals surface area contributed by atoms with Crippen molar-refractivity contribution in [3.05, 3.63) is 333 Å². The zero-order valence-electron chi connectivity index (χ0n) is 82.5. The molecule has 0 atom stereocenters. The number of methoxy groups -OCH3 is 4. The van der Waals surface area contributed by atoms with Crippen LogP contribution in [-0.2, 0) is 45.6 Å². The molecule has 149 heavy (non-hydrogen) atoms. The Hall–Kier alpha value is -15.2. The number of nitrogen functional groups attached to an aromatic ring is 1. The highest BCUT2D eigenvalue weighted by molar-refractivity contribution is 9.10. The van der Waals surface area contributed by atoms with Crippen LogP contribution in [0.2, 0.25) is 5.02 Å². The number of nitrogens with two attached hydrogens (primary N) is 1. The average Bonchev–Trinajstić information content (AvgIpc) is 1.63. The second kappa shape index (κ2) is 46.5. The zero-order chi connectivity index (χ0) is 107. The van der Waals surface area contributed by atoms with Crippen LogP contribution >= 0.6 is 27.5 Å². The van der Waals surface area contributed by atoms with E-state index in [1.165, 1.54) is 80.2 Å². The van der Waals surface area contributed by atoms with Crippen LogP contribution in [0, 0.1) is 55.1 Å². The van der Waals surface area contributed by atoms with Gasteiger partial charge in [0.1, 0.15) is 63.7 Å². The summed E-state index contributed by atoms with van der Waals surface area (Å²) in [5, 5.41) is 81.0. The Morgan fingerprint density at radius 2 is 0.772 bits per heavy atom. The molecular weight excluding hydrogens is 2030 g/mol. The van der Waals surface area contributed by atoms with Crippen LogP contribution in [0.15, 0.2) is 205 Å². The number of fused-ring (bicyclic) bond motifs is 3. The molecule has 44 heteroatoms. The minimum absolute atomic E-state index is 0.0472. The van der Waals surface area contributed by atoms with Crippen LogP contribution in [0.5, 0.6) is 23.0 Å². The lowest BCUT2D eigenvalue weighted by atomic mass is 9.96. The number of halogens is 8. The van der Waals surface area contributed by atoms with Gasteiger partial charge in [0.05, 0.1) is 208 Å². The summed E-state index contributed by atoms with van der Waals surface area (Å²) in [7, 11) is 7.21. The number of rotatable bonds is 21. The number of anilines is 5. The maximum Gasteiger partial charge on any atom is 0.363 e. The predicted molar refractivity (Wildman–Crippen MR) is 546 cm³/mol. The van der Waals surface area contributed by atoms with E-state index in [0.717, 1.165) is 70.7 Å². The summed E-state index contributed by atoms with van der Waals surface area (Å²) in [5.74, 6) is -2.51. The van der Waals surface area contributed by atoms with Gasteiger partial charge in [0.25, 0.3) is 17.7 Å². The standard InChI is InChI=1S/C32H30F2N4O4.C23H20F2N4O2.C22H17ClF2N2O3.C9H11N3O3.C9H13N3O.C5H3BrN2O2.C4H9NO.CH4O/c1-32(40)17-38(18-32)22-9-8-21(35-14-22)11-20-12-26(30-24(33)5-4-6-25(30)34)36-27-16-37(31(39)29(20)27)15-19-7-10-23(41-2)13-28(19)42-3;1-23(31)11-29(12-23)15-6-5-14(26-9-15)7-13-8-18(21-16(24)3-2-4-17(21)25)28-19-10-27-22(30)20(13)19;1-29-13-7-6-12(19(8-13)30-2)10-27-11-18-20(22(27)28)14(23)9-17(26-18)21-15(24)4-3-5-16(21)25;1-9(13)5-11(6-9)7-2-3-8(10-4-7)12(14)15;1-9(13)5-12(6-9)7-2-3-8(10)11-4-7;6-4-1-2-5(7-3-4)8(9)10;1-4(6)2-5-3-4;1-2/h4-10,12-14,40H,11,15-18H2,1-3H3;2-6,8-9,31H,7,10-12H2,1H3,(H,27,30);3-9H,10-11H2,1-2H3;2-4,13H,5-6H2,1H3;2-4,13H,5-6H2,1H3,(H2,10,11);1-3H;5-6H,2-3H2,1H3;2H,1H3. The number of aliphatic hydroxyl groups is 6. The second-order valence-electron chi connectivity index (χ2n) is 37.5. The summed E-state index contributed by atoms with van der Waals surface area (Å²) in [6.45, 7) is 16.1. The van der Waals surface area contributed by atoms with E-state index < -0.39 is 67.2 Å². The smallest absolute Gasteiger partial charge is 0.363 e. The lowest BCUT2D eigenvalue weighted by Gasteiger charge is -2.45. The van der Waals surface area contributed by atoms with Gasteiger partial charge in [-0.2, -0.15) is 0 Å². The van der Waals surface area contributed by atoms with Crippen LogP contribution < -0.4 is 54.9 Å². The first-order valence-electron chi connectivity index (χ1n) is 46.5. The fourth-order valence-corrected chi connectivity index (χ4v) is 18.0. The van der Waals surface area contributed by atoms with Gasteiger partial charge in [0, 0.05) is 132 Å². The maximum atomic E-state index is 14.8. The molecular formula is C105H107BrClF6N19O17. The Balaban J connectivity index is 0.000000146. The van der Waals surface area contributed by atoms with Crippen LogP contribution in [0.1, 0.15) is 116 Å². The maximum absolute atomic E-state index is 14.8. The number of hydrogen-bond donors (Lipinski definition) is 9. The molecule has 0 bridgehead atoms. The third-order valence-electron chi connectivity index (χ3n) is 24.8. The molecule has 5 saturated heterocycles. The molecule has 13 aromatic rings. The Labute approximate surface area is 865 Å². The molecule has 0 radical (unpaired) electrons. The van der Waals surface area contributed by atoms with Crippen LogP contribution in [0.4, 0.5) is 66.5 Å². The molecule has 8 aliphatic rings. The summed E-state index contributed by atoms with van der Waals surface area (Å²) >= 11 is 9.43. The Kier molecular flexibility index (Phi) is 34.1. The lowest BCUT2D eigenvalue weighted by Crippen LogP contribution is -2.60. The molecule has 3 amide bonds. The van der Waals surface area contributed by atoms with E-state index in [2.05, 4.69) is 71.3 Å². The van der Waals surface area contributed by atoms with E-state index in [9.17, 15) is 81.4 Å². The van der Waals surface area contributed by atoms with Crippen molar-refractivity contribution < 1.29 is 100 Å². The normalized spacial score (nSPS) is 15.8. The summed E-state index contributed by atoms with van der Waals surface area (Å²) in [4.78, 5) is 103. The van der Waals surface area contributed by atoms with E-state index in [1.54, 1.807) is 125 Å². The van der Waals surface area contributed by atoms with Crippen molar-refractivity contribution in [3.63, 3.8) is 0 Å². The Morgan fingerprint density at radius 1 is 0.423 bits per heavy atom. The summed E-state index contributed by atoms with van der Waals surface area (Å²) in [5.41, 5.74) is 12.2. The largest absolute Gasteiger partial charge is 0.497 e. The van der Waals surface area contributed by atoms with Gasteiger partial charge in [-0.15, -0.1) is 0 Å². The van der Waals surface area contributed by atoms with Crippen molar-refractivity contribution in [3.8, 4) is 56.8 Å². The lowest BCUT2D eigenvalue weighted by molar-refractivity contribution is -0.389. The number of aliphatic hydroxyl groups excluding tert-OH is 1. The first kappa shape index (κ1) is 109. The number of pyridine rings is 8. The Morgan fingerprint density at radius 3 is 1.10 bits per heavy atom. The first-order valence-corrected chi connectivity index (χ1v) is 47.6. The van der Waals surface area contributed by atoms with Gasteiger partial charge < -0.3 is 116 Å².